The Morgan fingerprint density at radius 2 is 1.86 bits per heavy atom. The minimum atomic E-state index is -0.540. The van der Waals surface area contributed by atoms with E-state index in [9.17, 15) is 9.59 Å². The van der Waals surface area contributed by atoms with Crippen molar-refractivity contribution in [1.82, 2.24) is 10.3 Å². The molecule has 0 aliphatic rings. The summed E-state index contributed by atoms with van der Waals surface area (Å²) in [5.74, 6) is 0.336. The number of carbonyl (C=O) groups excluding carboxylic acids is 2. The van der Waals surface area contributed by atoms with Gasteiger partial charge in [-0.1, -0.05) is 18.2 Å². The highest BCUT2D eigenvalue weighted by Crippen LogP contribution is 2.29. The fourth-order valence-corrected chi connectivity index (χ4v) is 3.28. The third kappa shape index (κ3) is 4.34. The molecule has 152 valence electrons. The summed E-state index contributed by atoms with van der Waals surface area (Å²) in [6.45, 7) is 3.24. The van der Waals surface area contributed by atoms with Crippen LogP contribution in [0, 0.1) is 6.92 Å². The molecular formula is C22H24N2O5. The summed E-state index contributed by atoms with van der Waals surface area (Å²) in [7, 11) is 3.13. The van der Waals surface area contributed by atoms with Gasteiger partial charge < -0.3 is 24.5 Å². The third-order valence-electron chi connectivity index (χ3n) is 4.71. The summed E-state index contributed by atoms with van der Waals surface area (Å²) < 4.78 is 15.8. The predicted octanol–water partition coefficient (Wildman–Crippen LogP) is 3.53. The van der Waals surface area contributed by atoms with Crippen LogP contribution in [0.3, 0.4) is 0 Å². The lowest BCUT2D eigenvalue weighted by atomic mass is 10.1. The molecule has 7 nitrogen and oxygen atoms in total. The van der Waals surface area contributed by atoms with E-state index in [4.69, 9.17) is 14.2 Å². The largest absolute Gasteiger partial charge is 0.497 e. The first kappa shape index (κ1) is 20.3. The van der Waals surface area contributed by atoms with E-state index in [1.54, 1.807) is 39.3 Å². The van der Waals surface area contributed by atoms with Gasteiger partial charge in [0.05, 0.1) is 25.8 Å². The fraction of sp³-hybridized carbons (Fsp3) is 0.273. The van der Waals surface area contributed by atoms with Crippen molar-refractivity contribution in [1.29, 1.82) is 0 Å². The van der Waals surface area contributed by atoms with E-state index < -0.39 is 11.9 Å². The molecule has 0 radical (unpaired) electrons. The maximum atomic E-state index is 12.5. The van der Waals surface area contributed by atoms with Gasteiger partial charge in [0.25, 0.3) is 5.91 Å². The summed E-state index contributed by atoms with van der Waals surface area (Å²) in [5.41, 5.74) is 2.75. The van der Waals surface area contributed by atoms with Crippen molar-refractivity contribution in [2.75, 3.05) is 20.8 Å². The van der Waals surface area contributed by atoms with Crippen molar-refractivity contribution < 1.29 is 23.8 Å². The minimum Gasteiger partial charge on any atom is -0.497 e. The second-order valence-electron chi connectivity index (χ2n) is 6.64. The Hall–Kier alpha value is -3.48. The number of nitrogens with one attached hydrogen (secondary N) is 2. The van der Waals surface area contributed by atoms with Gasteiger partial charge in [-0.2, -0.15) is 0 Å². The standard InChI is InChI=1S/C22H24N2O5/c1-13(17-11-15(27-3)9-10-19(17)28-4)24-20(25)12-29-22(26)21-14(2)23-18-8-6-5-7-16(18)21/h5-11,13,23H,12H2,1-4H3,(H,24,25). The summed E-state index contributed by atoms with van der Waals surface area (Å²) >= 11 is 0. The van der Waals surface area contributed by atoms with Gasteiger partial charge >= 0.3 is 5.97 Å². The van der Waals surface area contributed by atoms with Crippen LogP contribution >= 0.6 is 0 Å². The number of methoxy groups -OCH3 is 2. The molecule has 0 bridgehead atoms. The number of esters is 1. The van der Waals surface area contributed by atoms with Gasteiger partial charge in [-0.05, 0) is 38.1 Å². The minimum absolute atomic E-state index is 0.360. The third-order valence-corrected chi connectivity index (χ3v) is 4.71. The number of aromatic nitrogens is 1. The number of ether oxygens (including phenoxy) is 3. The summed E-state index contributed by atoms with van der Waals surface area (Å²) in [6.07, 6.45) is 0. The van der Waals surface area contributed by atoms with Crippen LogP contribution < -0.4 is 14.8 Å². The molecule has 2 aromatic carbocycles. The normalized spacial score (nSPS) is 11.7. The Balaban J connectivity index is 1.65. The summed E-state index contributed by atoms with van der Waals surface area (Å²) in [5, 5.41) is 3.58. The number of fused-ring (bicyclic) bond motifs is 1. The van der Waals surface area contributed by atoms with Crippen molar-refractivity contribution in [3.63, 3.8) is 0 Å². The van der Waals surface area contributed by atoms with E-state index in [0.29, 0.717) is 22.8 Å². The fourth-order valence-electron chi connectivity index (χ4n) is 3.28. The molecule has 1 unspecified atom stereocenters. The van der Waals surface area contributed by atoms with Gasteiger partial charge in [0.15, 0.2) is 6.61 Å². The zero-order valence-electron chi connectivity index (χ0n) is 16.9. The smallest absolute Gasteiger partial charge is 0.341 e. The predicted molar refractivity (Wildman–Crippen MR) is 109 cm³/mol. The molecule has 3 rings (SSSR count). The number of aromatic amines is 1. The molecular weight excluding hydrogens is 372 g/mol. The molecule has 0 aliphatic heterocycles. The van der Waals surface area contributed by atoms with Crippen molar-refractivity contribution >= 4 is 22.8 Å². The van der Waals surface area contributed by atoms with Crippen LogP contribution in [0.4, 0.5) is 0 Å². The van der Waals surface area contributed by atoms with Gasteiger partial charge in [-0.3, -0.25) is 4.79 Å². The number of rotatable bonds is 7. The molecule has 0 fully saturated rings. The van der Waals surface area contributed by atoms with Crippen LogP contribution in [0.25, 0.3) is 10.9 Å². The van der Waals surface area contributed by atoms with E-state index in [1.165, 1.54) is 0 Å². The topological polar surface area (TPSA) is 89.7 Å². The average molecular weight is 396 g/mol. The van der Waals surface area contributed by atoms with Crippen LogP contribution in [0.5, 0.6) is 11.5 Å². The van der Waals surface area contributed by atoms with E-state index >= 15 is 0 Å². The van der Waals surface area contributed by atoms with E-state index in [-0.39, 0.29) is 12.6 Å². The summed E-state index contributed by atoms with van der Waals surface area (Å²) in [6, 6.07) is 12.4. The van der Waals surface area contributed by atoms with Gasteiger partial charge in [0.2, 0.25) is 0 Å². The van der Waals surface area contributed by atoms with Gasteiger partial charge in [0.1, 0.15) is 11.5 Å². The van der Waals surface area contributed by atoms with Crippen LogP contribution in [0.1, 0.15) is 34.6 Å². The molecule has 0 saturated heterocycles. The van der Waals surface area contributed by atoms with Crippen LogP contribution in [-0.4, -0.2) is 37.7 Å². The highest BCUT2D eigenvalue weighted by Gasteiger charge is 2.20. The number of hydrogen-bond acceptors (Lipinski definition) is 5. The van der Waals surface area contributed by atoms with Crippen LogP contribution in [0.2, 0.25) is 0 Å². The molecule has 1 heterocycles. The number of hydrogen-bond donors (Lipinski definition) is 2. The number of carbonyl (C=O) groups is 2. The van der Waals surface area contributed by atoms with Crippen LogP contribution in [-0.2, 0) is 9.53 Å². The number of para-hydroxylation sites is 1. The first-order valence-corrected chi connectivity index (χ1v) is 9.20. The second-order valence-corrected chi connectivity index (χ2v) is 6.64. The van der Waals surface area contributed by atoms with Gasteiger partial charge in [-0.25, -0.2) is 4.79 Å². The molecule has 1 amide bonds. The maximum Gasteiger partial charge on any atom is 0.341 e. The molecule has 1 atom stereocenters. The van der Waals surface area contributed by atoms with Crippen molar-refractivity contribution in [2.24, 2.45) is 0 Å². The average Bonchev–Trinajstić information content (AvgIpc) is 3.07. The van der Waals surface area contributed by atoms with Crippen molar-refractivity contribution in [3.8, 4) is 11.5 Å². The molecule has 29 heavy (non-hydrogen) atoms. The van der Waals surface area contributed by atoms with E-state index in [1.807, 2.05) is 31.2 Å². The quantitative estimate of drug-likeness (QED) is 0.597. The number of aryl methyl sites for hydroxylation is 1. The highest BCUT2D eigenvalue weighted by molar-refractivity contribution is 6.06. The SMILES string of the molecule is COc1ccc(OC)c(C(C)NC(=O)COC(=O)c2c(C)[nH]c3ccccc23)c1. The lowest BCUT2D eigenvalue weighted by Crippen LogP contribution is -2.31. The molecule has 1 aromatic heterocycles. The van der Waals surface area contributed by atoms with Crippen molar-refractivity contribution in [2.45, 2.75) is 19.9 Å². The van der Waals surface area contributed by atoms with Gasteiger partial charge in [-0.15, -0.1) is 0 Å². The molecule has 0 spiro atoms. The Morgan fingerprint density at radius 1 is 1.10 bits per heavy atom. The van der Waals surface area contributed by atoms with Crippen molar-refractivity contribution in [3.05, 3.63) is 59.3 Å². The Bertz CT molecular complexity index is 1040. The summed E-state index contributed by atoms with van der Waals surface area (Å²) in [4.78, 5) is 28.0. The number of H-pyrrole nitrogens is 1. The first-order chi connectivity index (χ1) is 13.9. The molecule has 2 N–H and O–H groups in total. The molecule has 7 heteroatoms. The molecule has 3 aromatic rings. The number of benzene rings is 2. The Morgan fingerprint density at radius 3 is 2.59 bits per heavy atom. The van der Waals surface area contributed by atoms with E-state index in [2.05, 4.69) is 10.3 Å². The zero-order chi connectivity index (χ0) is 21.0. The maximum absolute atomic E-state index is 12.5. The van der Waals surface area contributed by atoms with Crippen LogP contribution in [0.15, 0.2) is 42.5 Å². The van der Waals surface area contributed by atoms with Gasteiger partial charge in [0, 0.05) is 22.2 Å². The zero-order valence-corrected chi connectivity index (χ0v) is 16.9. The second kappa shape index (κ2) is 8.68. The van der Waals surface area contributed by atoms with E-state index in [0.717, 1.165) is 16.5 Å². The Kier molecular flexibility index (Phi) is 6.07. The lowest BCUT2D eigenvalue weighted by molar-refractivity contribution is -0.124. The monoisotopic (exact) mass is 396 g/mol. The molecule has 0 saturated carbocycles. The first-order valence-electron chi connectivity index (χ1n) is 9.20. The molecule has 0 aliphatic carbocycles. The number of amides is 1. The Labute approximate surface area is 169 Å². The lowest BCUT2D eigenvalue weighted by Gasteiger charge is -2.18. The highest BCUT2D eigenvalue weighted by atomic mass is 16.5.